The van der Waals surface area contributed by atoms with Crippen LogP contribution in [0.15, 0.2) is 30.6 Å². The molecule has 0 aliphatic heterocycles. The predicted octanol–water partition coefficient (Wildman–Crippen LogP) is 3.22. The molecule has 1 aromatic heterocycles. The van der Waals surface area contributed by atoms with E-state index in [2.05, 4.69) is 22.2 Å². The Balaban J connectivity index is 1.95. The second-order valence-corrected chi connectivity index (χ2v) is 4.56. The molecule has 1 atom stereocenters. The quantitative estimate of drug-likeness (QED) is 0.874. The Morgan fingerprint density at radius 3 is 2.65 bits per heavy atom. The van der Waals surface area contributed by atoms with Crippen molar-refractivity contribution < 1.29 is 0 Å². The van der Waals surface area contributed by atoms with Crippen molar-refractivity contribution in [1.29, 1.82) is 0 Å². The molecule has 0 saturated heterocycles. The lowest BCUT2D eigenvalue weighted by Crippen LogP contribution is -2.18. The highest BCUT2D eigenvalue weighted by Crippen LogP contribution is 2.16. The van der Waals surface area contributed by atoms with Gasteiger partial charge in [0.1, 0.15) is 0 Å². The third-order valence-corrected chi connectivity index (χ3v) is 3.13. The monoisotopic (exact) mass is 249 g/mol. The Morgan fingerprint density at radius 1 is 1.35 bits per heavy atom. The van der Waals surface area contributed by atoms with E-state index in [1.54, 1.807) is 6.33 Å². The summed E-state index contributed by atoms with van der Waals surface area (Å²) < 4.78 is 0. The van der Waals surface area contributed by atoms with Crippen molar-refractivity contribution in [2.24, 2.45) is 0 Å². The van der Waals surface area contributed by atoms with Crippen LogP contribution in [-0.2, 0) is 6.54 Å². The van der Waals surface area contributed by atoms with Crippen molar-refractivity contribution in [3.05, 3.63) is 52.6 Å². The molecule has 2 N–H and O–H groups in total. The number of aryl methyl sites for hydroxylation is 1. The first-order valence-electron chi connectivity index (χ1n) is 5.64. The lowest BCUT2D eigenvalue weighted by atomic mass is 10.1. The van der Waals surface area contributed by atoms with Crippen molar-refractivity contribution in [2.45, 2.75) is 26.4 Å². The summed E-state index contributed by atoms with van der Waals surface area (Å²) in [7, 11) is 0. The Hall–Kier alpha value is -1.32. The van der Waals surface area contributed by atoms with E-state index in [4.69, 9.17) is 11.6 Å². The molecule has 0 aliphatic rings. The molecule has 0 amide bonds. The minimum absolute atomic E-state index is 0.281. The lowest BCUT2D eigenvalue weighted by molar-refractivity contribution is 0.567. The van der Waals surface area contributed by atoms with Crippen LogP contribution in [-0.4, -0.2) is 9.97 Å². The molecule has 0 saturated carbocycles. The number of hydrogen-bond donors (Lipinski definition) is 2. The number of hydrogen-bond acceptors (Lipinski definition) is 2. The van der Waals surface area contributed by atoms with Gasteiger partial charge in [0.25, 0.3) is 0 Å². The van der Waals surface area contributed by atoms with Gasteiger partial charge in [0.2, 0.25) is 0 Å². The summed E-state index contributed by atoms with van der Waals surface area (Å²) in [6.45, 7) is 4.92. The topological polar surface area (TPSA) is 40.7 Å². The van der Waals surface area contributed by atoms with E-state index in [0.29, 0.717) is 0 Å². The number of halogens is 1. The van der Waals surface area contributed by atoms with E-state index in [1.807, 2.05) is 31.2 Å². The highest BCUT2D eigenvalue weighted by Gasteiger charge is 2.06. The summed E-state index contributed by atoms with van der Waals surface area (Å²) >= 11 is 5.86. The van der Waals surface area contributed by atoms with Crippen molar-refractivity contribution in [3.8, 4) is 0 Å². The molecule has 17 heavy (non-hydrogen) atoms. The zero-order valence-electron chi connectivity index (χ0n) is 10.00. The van der Waals surface area contributed by atoms with Crippen LogP contribution in [0.3, 0.4) is 0 Å². The van der Waals surface area contributed by atoms with Gasteiger partial charge in [0.05, 0.1) is 12.0 Å². The van der Waals surface area contributed by atoms with E-state index in [0.717, 1.165) is 23.0 Å². The molecule has 3 nitrogen and oxygen atoms in total. The summed E-state index contributed by atoms with van der Waals surface area (Å²) in [5.41, 5.74) is 3.40. The van der Waals surface area contributed by atoms with Gasteiger partial charge in [-0.25, -0.2) is 4.98 Å². The van der Waals surface area contributed by atoms with Crippen LogP contribution in [0.2, 0.25) is 5.02 Å². The first-order chi connectivity index (χ1) is 8.16. The highest BCUT2D eigenvalue weighted by molar-refractivity contribution is 6.30. The van der Waals surface area contributed by atoms with Crippen LogP contribution >= 0.6 is 11.6 Å². The van der Waals surface area contributed by atoms with Gasteiger partial charge >= 0.3 is 0 Å². The largest absolute Gasteiger partial charge is 0.348 e. The summed E-state index contributed by atoms with van der Waals surface area (Å²) in [6.07, 6.45) is 1.72. The number of rotatable bonds is 4. The Bertz CT molecular complexity index is 476. The average Bonchev–Trinajstić information content (AvgIpc) is 2.73. The summed E-state index contributed by atoms with van der Waals surface area (Å²) in [5, 5.41) is 4.20. The fraction of sp³-hybridized carbons (Fsp3) is 0.308. The standard InChI is InChI=1S/C13H16ClN3/c1-9(11-3-5-12(14)6-4-11)15-7-13-10(2)16-8-17-13/h3-6,8-9,15H,7H2,1-2H3,(H,16,17)/t9-/m1/s1. The van der Waals surface area contributed by atoms with Gasteiger partial charge < -0.3 is 10.3 Å². The Labute approximate surface area is 106 Å². The van der Waals surface area contributed by atoms with E-state index in [1.165, 1.54) is 5.56 Å². The van der Waals surface area contributed by atoms with Crippen LogP contribution in [0, 0.1) is 6.92 Å². The van der Waals surface area contributed by atoms with Crippen LogP contribution in [0.1, 0.15) is 29.9 Å². The third-order valence-electron chi connectivity index (χ3n) is 2.88. The van der Waals surface area contributed by atoms with Gasteiger partial charge in [0, 0.05) is 23.3 Å². The zero-order chi connectivity index (χ0) is 12.3. The van der Waals surface area contributed by atoms with Gasteiger partial charge in [0.15, 0.2) is 0 Å². The molecule has 2 aromatic rings. The molecule has 0 aliphatic carbocycles. The second kappa shape index (κ2) is 5.34. The van der Waals surface area contributed by atoms with Crippen molar-refractivity contribution in [1.82, 2.24) is 15.3 Å². The minimum Gasteiger partial charge on any atom is -0.348 e. The molecule has 0 bridgehead atoms. The molecule has 4 heteroatoms. The average molecular weight is 250 g/mol. The van der Waals surface area contributed by atoms with Crippen molar-refractivity contribution in [2.75, 3.05) is 0 Å². The molecular formula is C13H16ClN3. The maximum absolute atomic E-state index is 5.86. The summed E-state index contributed by atoms with van der Waals surface area (Å²) in [4.78, 5) is 7.33. The number of aromatic nitrogens is 2. The van der Waals surface area contributed by atoms with E-state index in [9.17, 15) is 0 Å². The maximum Gasteiger partial charge on any atom is 0.0925 e. The molecular weight excluding hydrogens is 234 g/mol. The maximum atomic E-state index is 5.86. The number of nitrogens with one attached hydrogen (secondary N) is 2. The number of aromatic amines is 1. The molecule has 1 aromatic carbocycles. The van der Waals surface area contributed by atoms with Crippen molar-refractivity contribution in [3.63, 3.8) is 0 Å². The fourth-order valence-electron chi connectivity index (χ4n) is 1.68. The fourth-order valence-corrected chi connectivity index (χ4v) is 1.81. The van der Waals surface area contributed by atoms with Crippen molar-refractivity contribution >= 4 is 11.6 Å². The summed E-state index contributed by atoms with van der Waals surface area (Å²) in [6, 6.07) is 8.18. The minimum atomic E-state index is 0.281. The van der Waals surface area contributed by atoms with Crippen LogP contribution in [0.25, 0.3) is 0 Å². The molecule has 1 heterocycles. The second-order valence-electron chi connectivity index (χ2n) is 4.13. The van der Waals surface area contributed by atoms with Gasteiger partial charge in [-0.3, -0.25) is 0 Å². The highest BCUT2D eigenvalue weighted by atomic mass is 35.5. The summed E-state index contributed by atoms with van der Waals surface area (Å²) in [5.74, 6) is 0. The van der Waals surface area contributed by atoms with Crippen LogP contribution in [0.4, 0.5) is 0 Å². The molecule has 2 rings (SSSR count). The number of imidazole rings is 1. The van der Waals surface area contributed by atoms with Crippen LogP contribution in [0.5, 0.6) is 0 Å². The number of nitrogens with zero attached hydrogens (tertiary/aromatic N) is 1. The SMILES string of the molecule is Cc1[nH]cnc1CN[C@H](C)c1ccc(Cl)cc1. The lowest BCUT2D eigenvalue weighted by Gasteiger charge is -2.13. The first kappa shape index (κ1) is 12.1. The Kier molecular flexibility index (Phi) is 3.82. The number of H-pyrrole nitrogens is 1. The molecule has 0 radical (unpaired) electrons. The first-order valence-corrected chi connectivity index (χ1v) is 6.02. The molecule has 0 unspecified atom stereocenters. The van der Waals surface area contributed by atoms with Gasteiger partial charge in [-0.2, -0.15) is 0 Å². The predicted molar refractivity (Wildman–Crippen MR) is 70.0 cm³/mol. The molecule has 90 valence electrons. The molecule has 0 spiro atoms. The van der Waals surface area contributed by atoms with Gasteiger partial charge in [-0.05, 0) is 31.5 Å². The van der Waals surface area contributed by atoms with Gasteiger partial charge in [-0.1, -0.05) is 23.7 Å². The van der Waals surface area contributed by atoms with E-state index < -0.39 is 0 Å². The van der Waals surface area contributed by atoms with E-state index in [-0.39, 0.29) is 6.04 Å². The third kappa shape index (κ3) is 3.08. The smallest absolute Gasteiger partial charge is 0.0925 e. The van der Waals surface area contributed by atoms with Crippen LogP contribution < -0.4 is 5.32 Å². The van der Waals surface area contributed by atoms with Gasteiger partial charge in [-0.15, -0.1) is 0 Å². The molecule has 0 fully saturated rings. The normalized spacial score (nSPS) is 12.6. The number of benzene rings is 1. The zero-order valence-corrected chi connectivity index (χ0v) is 10.8. The Morgan fingerprint density at radius 2 is 2.06 bits per heavy atom. The van der Waals surface area contributed by atoms with E-state index >= 15 is 0 Å².